The summed E-state index contributed by atoms with van der Waals surface area (Å²) in [5, 5.41) is 3.45. The zero-order valence-corrected chi connectivity index (χ0v) is 11.4. The van der Waals surface area contributed by atoms with E-state index in [1.54, 1.807) is 6.92 Å². The van der Waals surface area contributed by atoms with Crippen molar-refractivity contribution in [3.63, 3.8) is 0 Å². The third kappa shape index (κ3) is 3.95. The standard InChI is InChI=1S/C17H19NO/c1-13-7-6-10-16(11-13)18-17(12-14(2)19)15-8-4-3-5-9-15/h3-11,17-18H,12H2,1-2H3. The lowest BCUT2D eigenvalue weighted by molar-refractivity contribution is -0.117. The maximum absolute atomic E-state index is 11.4. The zero-order valence-electron chi connectivity index (χ0n) is 11.4. The van der Waals surface area contributed by atoms with Gasteiger partial charge < -0.3 is 5.32 Å². The summed E-state index contributed by atoms with van der Waals surface area (Å²) in [7, 11) is 0. The fourth-order valence-electron chi connectivity index (χ4n) is 2.16. The molecular formula is C17H19NO. The van der Waals surface area contributed by atoms with Crippen LogP contribution < -0.4 is 5.32 Å². The number of rotatable bonds is 5. The van der Waals surface area contributed by atoms with Crippen LogP contribution in [0.4, 0.5) is 5.69 Å². The highest BCUT2D eigenvalue weighted by molar-refractivity contribution is 5.77. The molecule has 0 saturated carbocycles. The fourth-order valence-corrected chi connectivity index (χ4v) is 2.16. The van der Waals surface area contributed by atoms with Crippen molar-refractivity contribution in [2.24, 2.45) is 0 Å². The van der Waals surface area contributed by atoms with Crippen LogP contribution in [0.1, 0.15) is 30.5 Å². The minimum Gasteiger partial charge on any atom is -0.378 e. The van der Waals surface area contributed by atoms with Gasteiger partial charge in [-0.25, -0.2) is 0 Å². The average Bonchev–Trinajstić information content (AvgIpc) is 2.38. The van der Waals surface area contributed by atoms with Crippen LogP contribution in [-0.4, -0.2) is 5.78 Å². The molecule has 1 N–H and O–H groups in total. The van der Waals surface area contributed by atoms with E-state index in [-0.39, 0.29) is 11.8 Å². The molecule has 2 heteroatoms. The van der Waals surface area contributed by atoms with Gasteiger partial charge in [-0.3, -0.25) is 4.79 Å². The smallest absolute Gasteiger partial charge is 0.132 e. The van der Waals surface area contributed by atoms with Crippen LogP contribution in [0.25, 0.3) is 0 Å². The van der Waals surface area contributed by atoms with Gasteiger partial charge in [0.1, 0.15) is 5.78 Å². The molecule has 1 unspecified atom stereocenters. The largest absolute Gasteiger partial charge is 0.378 e. The Kier molecular flexibility index (Phi) is 4.35. The maximum Gasteiger partial charge on any atom is 0.132 e. The third-order valence-corrected chi connectivity index (χ3v) is 3.05. The minimum atomic E-state index is 0.0282. The second-order valence-electron chi connectivity index (χ2n) is 4.88. The summed E-state index contributed by atoms with van der Waals surface area (Å²) in [6, 6.07) is 18.3. The molecule has 0 fully saturated rings. The van der Waals surface area contributed by atoms with Crippen LogP contribution >= 0.6 is 0 Å². The predicted octanol–water partition coefficient (Wildman–Crippen LogP) is 4.13. The van der Waals surface area contributed by atoms with Gasteiger partial charge >= 0.3 is 0 Å². The van der Waals surface area contributed by atoms with Crippen LogP contribution in [0, 0.1) is 6.92 Å². The molecule has 2 aromatic carbocycles. The summed E-state index contributed by atoms with van der Waals surface area (Å²) >= 11 is 0. The van der Waals surface area contributed by atoms with Gasteiger partial charge in [0.25, 0.3) is 0 Å². The minimum absolute atomic E-state index is 0.0282. The fraction of sp³-hybridized carbons (Fsp3) is 0.235. The molecule has 19 heavy (non-hydrogen) atoms. The van der Waals surface area contributed by atoms with Crippen molar-refractivity contribution in [3.05, 3.63) is 65.7 Å². The first-order chi connectivity index (χ1) is 9.15. The maximum atomic E-state index is 11.4. The topological polar surface area (TPSA) is 29.1 Å². The Morgan fingerprint density at radius 2 is 1.84 bits per heavy atom. The second kappa shape index (κ2) is 6.19. The number of aryl methyl sites for hydroxylation is 1. The van der Waals surface area contributed by atoms with E-state index in [0.717, 1.165) is 11.3 Å². The Labute approximate surface area is 114 Å². The summed E-state index contributed by atoms with van der Waals surface area (Å²) in [5.41, 5.74) is 3.40. The van der Waals surface area contributed by atoms with Crippen molar-refractivity contribution in [1.29, 1.82) is 0 Å². The van der Waals surface area contributed by atoms with Crippen LogP contribution in [-0.2, 0) is 4.79 Å². The summed E-state index contributed by atoms with van der Waals surface area (Å²) in [6.07, 6.45) is 0.498. The normalized spacial score (nSPS) is 11.9. The number of benzene rings is 2. The predicted molar refractivity (Wildman–Crippen MR) is 79.3 cm³/mol. The molecule has 1 atom stereocenters. The SMILES string of the molecule is CC(=O)CC(Nc1cccc(C)c1)c1ccccc1. The molecule has 0 heterocycles. The summed E-state index contributed by atoms with van der Waals surface area (Å²) in [6.45, 7) is 3.70. The van der Waals surface area contributed by atoms with E-state index < -0.39 is 0 Å². The van der Waals surface area contributed by atoms with E-state index in [1.165, 1.54) is 5.56 Å². The van der Waals surface area contributed by atoms with Crippen LogP contribution in [0.5, 0.6) is 0 Å². The Bertz CT molecular complexity index is 548. The highest BCUT2D eigenvalue weighted by Crippen LogP contribution is 2.23. The molecule has 0 spiro atoms. The van der Waals surface area contributed by atoms with Crippen LogP contribution in [0.3, 0.4) is 0 Å². The number of hydrogen-bond donors (Lipinski definition) is 1. The van der Waals surface area contributed by atoms with Crippen LogP contribution in [0.15, 0.2) is 54.6 Å². The first-order valence-electron chi connectivity index (χ1n) is 6.53. The molecule has 2 nitrogen and oxygen atoms in total. The molecule has 98 valence electrons. The summed E-state index contributed by atoms with van der Waals surface area (Å²) in [5.74, 6) is 0.189. The number of hydrogen-bond acceptors (Lipinski definition) is 2. The lowest BCUT2D eigenvalue weighted by Gasteiger charge is -2.19. The van der Waals surface area contributed by atoms with Crippen LogP contribution in [0.2, 0.25) is 0 Å². The van der Waals surface area contributed by atoms with E-state index in [0.29, 0.717) is 6.42 Å². The van der Waals surface area contributed by atoms with E-state index in [1.807, 2.05) is 30.3 Å². The highest BCUT2D eigenvalue weighted by Gasteiger charge is 2.13. The lowest BCUT2D eigenvalue weighted by Crippen LogP contribution is -2.14. The van der Waals surface area contributed by atoms with Gasteiger partial charge in [-0.05, 0) is 37.1 Å². The van der Waals surface area contributed by atoms with Crippen molar-refractivity contribution < 1.29 is 4.79 Å². The van der Waals surface area contributed by atoms with Crippen molar-refractivity contribution >= 4 is 11.5 Å². The highest BCUT2D eigenvalue weighted by atomic mass is 16.1. The summed E-state index contributed by atoms with van der Waals surface area (Å²) < 4.78 is 0. The number of carbonyl (C=O) groups excluding carboxylic acids is 1. The Balaban J connectivity index is 2.21. The van der Waals surface area contributed by atoms with E-state index in [9.17, 15) is 4.79 Å². The number of ketones is 1. The molecule has 0 saturated heterocycles. The third-order valence-electron chi connectivity index (χ3n) is 3.05. The number of Topliss-reactive ketones (excluding diaryl/α,β-unsaturated/α-hetero) is 1. The average molecular weight is 253 g/mol. The molecule has 2 rings (SSSR count). The molecule has 0 radical (unpaired) electrons. The van der Waals surface area contributed by atoms with Gasteiger partial charge in [-0.15, -0.1) is 0 Å². The Morgan fingerprint density at radius 1 is 1.11 bits per heavy atom. The van der Waals surface area contributed by atoms with Crippen molar-refractivity contribution in [2.45, 2.75) is 26.3 Å². The van der Waals surface area contributed by atoms with E-state index in [2.05, 4.69) is 36.5 Å². The van der Waals surface area contributed by atoms with E-state index in [4.69, 9.17) is 0 Å². The number of anilines is 1. The van der Waals surface area contributed by atoms with Gasteiger partial charge in [0, 0.05) is 12.1 Å². The van der Waals surface area contributed by atoms with Crippen molar-refractivity contribution in [2.75, 3.05) is 5.32 Å². The van der Waals surface area contributed by atoms with E-state index >= 15 is 0 Å². The molecule has 0 aliphatic heterocycles. The molecule has 0 aliphatic rings. The number of carbonyl (C=O) groups is 1. The van der Waals surface area contributed by atoms with Gasteiger partial charge in [0.15, 0.2) is 0 Å². The first kappa shape index (κ1) is 13.3. The van der Waals surface area contributed by atoms with Crippen molar-refractivity contribution in [1.82, 2.24) is 0 Å². The Hall–Kier alpha value is -2.09. The monoisotopic (exact) mass is 253 g/mol. The zero-order chi connectivity index (χ0) is 13.7. The summed E-state index contributed by atoms with van der Waals surface area (Å²) in [4.78, 5) is 11.4. The van der Waals surface area contributed by atoms with Gasteiger partial charge in [-0.2, -0.15) is 0 Å². The molecule has 0 bridgehead atoms. The van der Waals surface area contributed by atoms with Gasteiger partial charge in [-0.1, -0.05) is 42.5 Å². The number of nitrogens with one attached hydrogen (secondary N) is 1. The van der Waals surface area contributed by atoms with Gasteiger partial charge in [0.2, 0.25) is 0 Å². The molecular weight excluding hydrogens is 234 g/mol. The molecule has 0 amide bonds. The molecule has 0 aromatic heterocycles. The van der Waals surface area contributed by atoms with Gasteiger partial charge in [0.05, 0.1) is 6.04 Å². The quantitative estimate of drug-likeness (QED) is 0.868. The second-order valence-corrected chi connectivity index (χ2v) is 4.88. The molecule has 0 aliphatic carbocycles. The van der Waals surface area contributed by atoms with Crippen molar-refractivity contribution in [3.8, 4) is 0 Å². The Morgan fingerprint density at radius 3 is 2.47 bits per heavy atom. The molecule has 2 aromatic rings. The lowest BCUT2D eigenvalue weighted by atomic mass is 10.0. The first-order valence-corrected chi connectivity index (χ1v) is 6.53.